The fourth-order valence-corrected chi connectivity index (χ4v) is 3.28. The van der Waals surface area contributed by atoms with Crippen LogP contribution in [0.15, 0.2) is 47.3 Å². The van der Waals surface area contributed by atoms with Crippen LogP contribution in [-0.2, 0) is 0 Å². The van der Waals surface area contributed by atoms with E-state index in [0.717, 1.165) is 5.52 Å². The zero-order valence-electron chi connectivity index (χ0n) is 8.33. The molecule has 0 N–H and O–H groups in total. The first-order valence-electron chi connectivity index (χ1n) is 4.84. The van der Waals surface area contributed by atoms with Crippen LogP contribution in [0.3, 0.4) is 0 Å². The van der Waals surface area contributed by atoms with Crippen molar-refractivity contribution in [3.05, 3.63) is 47.3 Å². The minimum atomic E-state index is 0.949. The number of nitrogens with zero attached hydrogens (tertiary/aromatic N) is 2. The normalized spacial score (nSPS) is 10.5. The van der Waals surface area contributed by atoms with Crippen LogP contribution in [0.25, 0.3) is 20.3 Å². The van der Waals surface area contributed by atoms with Gasteiger partial charge in [-0.15, -0.1) is 27.8 Å². The summed E-state index contributed by atoms with van der Waals surface area (Å²) in [5.74, 6) is 0. The number of hydrogen-bond donors (Lipinski definition) is 0. The Hall–Kier alpha value is -1.52. The highest BCUT2D eigenvalue weighted by Crippen LogP contribution is 2.28. The van der Waals surface area contributed by atoms with E-state index in [1.165, 1.54) is 14.8 Å². The van der Waals surface area contributed by atoms with Gasteiger partial charge in [-0.05, 0) is 35.0 Å². The van der Waals surface area contributed by atoms with Gasteiger partial charge in [0.1, 0.15) is 5.52 Å². The Morgan fingerprint density at radius 3 is 2.88 bits per heavy atom. The van der Waals surface area contributed by atoms with Crippen LogP contribution in [0.5, 0.6) is 0 Å². The van der Waals surface area contributed by atoms with Crippen LogP contribution >= 0.6 is 22.7 Å². The molecule has 0 unspecified atom stereocenters. The van der Waals surface area contributed by atoms with E-state index in [9.17, 15) is 0 Å². The minimum absolute atomic E-state index is 0.949. The Balaban J connectivity index is 2.58. The first-order chi connectivity index (χ1) is 7.95. The van der Waals surface area contributed by atoms with Crippen LogP contribution in [-0.4, -0.2) is 10.2 Å². The number of rotatable bonds is 0. The Bertz CT molecular complexity index is 623. The molecule has 3 aromatic heterocycles. The van der Waals surface area contributed by atoms with Crippen molar-refractivity contribution in [2.24, 2.45) is 0 Å². The Kier molecular flexibility index (Phi) is 2.52. The lowest BCUT2D eigenvalue weighted by atomic mass is 10.3. The van der Waals surface area contributed by atoms with Crippen molar-refractivity contribution in [2.75, 3.05) is 0 Å². The van der Waals surface area contributed by atoms with Crippen LogP contribution in [0, 0.1) is 0 Å². The SMILES string of the molecule is c1ccc2sccc2c2sccc2nnc1. The first kappa shape index (κ1) is 9.69. The molecule has 2 nitrogen and oxygen atoms in total. The van der Waals surface area contributed by atoms with E-state index >= 15 is 0 Å². The molecule has 3 heterocycles. The third kappa shape index (κ3) is 1.66. The highest BCUT2D eigenvalue weighted by molar-refractivity contribution is 7.20. The predicted octanol–water partition coefficient (Wildman–Crippen LogP) is 4.03. The summed E-state index contributed by atoms with van der Waals surface area (Å²) in [5.41, 5.74) is 0.949. The number of fused-ring (bicyclic) bond motifs is 3. The molecule has 0 aliphatic carbocycles. The van der Waals surface area contributed by atoms with Gasteiger partial charge in [0.2, 0.25) is 0 Å². The molecule has 16 heavy (non-hydrogen) atoms. The van der Waals surface area contributed by atoms with E-state index in [1.54, 1.807) is 28.9 Å². The molecule has 0 aromatic carbocycles. The van der Waals surface area contributed by atoms with Gasteiger partial charge >= 0.3 is 0 Å². The van der Waals surface area contributed by atoms with Crippen LogP contribution in [0.2, 0.25) is 0 Å². The molecule has 0 radical (unpaired) electrons. The molecule has 0 saturated heterocycles. The van der Waals surface area contributed by atoms with Crippen molar-refractivity contribution in [1.29, 1.82) is 0 Å². The molecule has 0 fully saturated rings. The third-order valence-corrected chi connectivity index (χ3v) is 4.08. The third-order valence-electron chi connectivity index (χ3n) is 2.26. The minimum Gasteiger partial charge on any atom is -0.159 e. The zero-order valence-corrected chi connectivity index (χ0v) is 9.96. The summed E-state index contributed by atoms with van der Waals surface area (Å²) < 4.78 is 2.46. The molecule has 0 aliphatic rings. The summed E-state index contributed by atoms with van der Waals surface area (Å²) in [4.78, 5) is 0. The van der Waals surface area contributed by atoms with Crippen molar-refractivity contribution in [3.8, 4) is 0 Å². The van der Waals surface area contributed by atoms with E-state index in [4.69, 9.17) is 0 Å². The summed E-state index contributed by atoms with van der Waals surface area (Å²) in [6.45, 7) is 0. The lowest BCUT2D eigenvalue weighted by molar-refractivity contribution is 1.09. The molecule has 4 heteroatoms. The van der Waals surface area contributed by atoms with Crippen molar-refractivity contribution in [2.45, 2.75) is 0 Å². The maximum Gasteiger partial charge on any atom is 0.104 e. The van der Waals surface area contributed by atoms with Gasteiger partial charge in [-0.3, -0.25) is 0 Å². The van der Waals surface area contributed by atoms with Gasteiger partial charge in [0.15, 0.2) is 0 Å². The van der Waals surface area contributed by atoms with Gasteiger partial charge in [-0.25, -0.2) is 0 Å². The summed E-state index contributed by atoms with van der Waals surface area (Å²) in [6, 6.07) is 10.1. The van der Waals surface area contributed by atoms with Crippen LogP contribution in [0.1, 0.15) is 0 Å². The monoisotopic (exact) mass is 244 g/mol. The van der Waals surface area contributed by atoms with E-state index in [-0.39, 0.29) is 0 Å². The average Bonchev–Trinajstić information content (AvgIpc) is 2.92. The van der Waals surface area contributed by atoms with Crippen molar-refractivity contribution >= 4 is 43.0 Å². The first-order valence-corrected chi connectivity index (χ1v) is 6.60. The fourth-order valence-electron chi connectivity index (χ4n) is 1.55. The predicted molar refractivity (Wildman–Crippen MR) is 70.4 cm³/mol. The number of hydrogen-bond acceptors (Lipinski definition) is 4. The maximum atomic E-state index is 4.21. The molecular weight excluding hydrogens is 236 g/mol. The Labute approximate surface area is 101 Å². The summed E-state index contributed by atoms with van der Waals surface area (Å²) in [5, 5.41) is 13.6. The standard InChI is InChI=1S/C12H8N2S2/c1-2-6-13-14-10-5-8-16-12(10)9-4-7-15-11(9)3-1/h1-8H. The molecule has 0 aliphatic heterocycles. The Morgan fingerprint density at radius 2 is 1.88 bits per heavy atom. The van der Waals surface area contributed by atoms with Crippen LogP contribution < -0.4 is 0 Å². The molecular formula is C12H8N2S2. The quantitative estimate of drug-likeness (QED) is 0.596. The lowest BCUT2D eigenvalue weighted by Crippen LogP contribution is -1.72. The van der Waals surface area contributed by atoms with Gasteiger partial charge in [-0.2, -0.15) is 5.10 Å². The Morgan fingerprint density at radius 1 is 0.938 bits per heavy atom. The van der Waals surface area contributed by atoms with Gasteiger partial charge in [-0.1, -0.05) is 6.07 Å². The smallest absolute Gasteiger partial charge is 0.104 e. The van der Waals surface area contributed by atoms with Crippen LogP contribution in [0.4, 0.5) is 0 Å². The summed E-state index contributed by atoms with van der Waals surface area (Å²) in [7, 11) is 0. The van der Waals surface area contributed by atoms with E-state index in [2.05, 4.69) is 33.1 Å². The molecule has 0 saturated carbocycles. The van der Waals surface area contributed by atoms with Crippen molar-refractivity contribution in [3.63, 3.8) is 0 Å². The molecule has 0 spiro atoms. The fraction of sp³-hybridized carbons (Fsp3) is 0. The lowest BCUT2D eigenvalue weighted by Gasteiger charge is -1.85. The highest BCUT2D eigenvalue weighted by Gasteiger charge is 1.99. The van der Waals surface area contributed by atoms with Crippen molar-refractivity contribution in [1.82, 2.24) is 10.2 Å². The summed E-state index contributed by atoms with van der Waals surface area (Å²) in [6.07, 6.45) is 1.70. The van der Waals surface area contributed by atoms with Gasteiger partial charge in [0.25, 0.3) is 0 Å². The van der Waals surface area contributed by atoms with E-state index in [1.807, 2.05) is 18.2 Å². The second kappa shape index (κ2) is 4.15. The molecule has 3 aromatic rings. The van der Waals surface area contributed by atoms with Crippen molar-refractivity contribution < 1.29 is 0 Å². The van der Waals surface area contributed by atoms with Gasteiger partial charge in [0, 0.05) is 16.3 Å². The number of aromatic nitrogens is 2. The molecule has 0 atom stereocenters. The topological polar surface area (TPSA) is 25.8 Å². The van der Waals surface area contributed by atoms with E-state index < -0.39 is 0 Å². The molecule has 0 amide bonds. The molecule has 3 rings (SSSR count). The second-order valence-electron chi connectivity index (χ2n) is 3.25. The number of thiophene rings is 2. The highest BCUT2D eigenvalue weighted by atomic mass is 32.1. The van der Waals surface area contributed by atoms with E-state index in [0.29, 0.717) is 0 Å². The summed E-state index contributed by atoms with van der Waals surface area (Å²) >= 11 is 3.45. The maximum absolute atomic E-state index is 4.21. The molecule has 78 valence electrons. The molecule has 0 bridgehead atoms. The second-order valence-corrected chi connectivity index (χ2v) is 5.11. The zero-order chi connectivity index (χ0) is 10.8. The average molecular weight is 244 g/mol. The largest absolute Gasteiger partial charge is 0.159 e. The van der Waals surface area contributed by atoms with Gasteiger partial charge in [0.05, 0.1) is 4.70 Å². The van der Waals surface area contributed by atoms with Gasteiger partial charge < -0.3 is 0 Å².